The number of carbonyl (C=O) groups excluding carboxylic acids is 2. The van der Waals surface area contributed by atoms with E-state index in [2.05, 4.69) is 25.9 Å². The van der Waals surface area contributed by atoms with Gasteiger partial charge in [0.15, 0.2) is 16.8 Å². The molecule has 158 valence electrons. The number of hydrogen-bond acceptors (Lipinski definition) is 6. The fourth-order valence-corrected chi connectivity index (χ4v) is 3.34. The van der Waals surface area contributed by atoms with E-state index in [1.807, 2.05) is 13.8 Å². The highest BCUT2D eigenvalue weighted by Crippen LogP contribution is 2.28. The van der Waals surface area contributed by atoms with Crippen molar-refractivity contribution in [1.29, 1.82) is 0 Å². The Bertz CT molecular complexity index is 982. The maximum Gasteiger partial charge on any atom is 0.251 e. The van der Waals surface area contributed by atoms with Crippen molar-refractivity contribution in [2.24, 2.45) is 0 Å². The zero-order valence-electron chi connectivity index (χ0n) is 16.9. The van der Waals surface area contributed by atoms with E-state index < -0.39 is 5.82 Å². The van der Waals surface area contributed by atoms with E-state index >= 15 is 0 Å². The Morgan fingerprint density at radius 2 is 2.07 bits per heavy atom. The molecular weight excluding hydrogens is 405 g/mol. The van der Waals surface area contributed by atoms with E-state index in [4.69, 9.17) is 0 Å². The molecule has 2 amide bonds. The molecule has 9 heteroatoms. The van der Waals surface area contributed by atoms with Gasteiger partial charge < -0.3 is 16.0 Å². The summed E-state index contributed by atoms with van der Waals surface area (Å²) in [6.07, 6.45) is 8.01. The van der Waals surface area contributed by atoms with Crippen LogP contribution in [0.1, 0.15) is 33.1 Å². The summed E-state index contributed by atoms with van der Waals surface area (Å²) in [6.45, 7) is 3.59. The number of aromatic nitrogens is 2. The monoisotopic (exact) mass is 429 g/mol. The van der Waals surface area contributed by atoms with Gasteiger partial charge in [-0.2, -0.15) is 0 Å². The van der Waals surface area contributed by atoms with Crippen molar-refractivity contribution >= 4 is 34.1 Å². The first-order valence-corrected chi connectivity index (χ1v) is 10.7. The SMILES string of the molecule is C/C=C\C(=C/CC)C(=O)NCC(=O)Nc1nc(-c2ccc(F)c(NC3CC3)n2)cs1. The molecule has 30 heavy (non-hydrogen) atoms. The Hall–Kier alpha value is -3.07. The van der Waals surface area contributed by atoms with Gasteiger partial charge in [-0.25, -0.2) is 14.4 Å². The molecule has 1 aliphatic carbocycles. The Kier molecular flexibility index (Phi) is 7.29. The molecule has 0 atom stereocenters. The molecule has 0 radical (unpaired) electrons. The van der Waals surface area contributed by atoms with Crippen LogP contribution in [-0.4, -0.2) is 34.4 Å². The lowest BCUT2D eigenvalue weighted by molar-refractivity contribution is -0.121. The predicted octanol–water partition coefficient (Wildman–Crippen LogP) is 3.89. The average molecular weight is 430 g/mol. The minimum atomic E-state index is -0.403. The van der Waals surface area contributed by atoms with Gasteiger partial charge in [0.1, 0.15) is 5.69 Å². The van der Waals surface area contributed by atoms with E-state index in [9.17, 15) is 14.0 Å². The number of nitrogens with one attached hydrogen (secondary N) is 3. The standard InChI is InChI=1S/C21H24FN5O2S/c1-3-5-13(6-4-2)20(29)23-11-18(28)27-21-26-17(12-30-21)16-10-9-15(22)19(25-16)24-14-7-8-14/h3,5-6,9-10,12,14H,4,7-8,11H2,1-2H3,(H,23,29)(H,24,25)(H,26,27,28)/b5-3-,13-6+. The van der Waals surface area contributed by atoms with Crippen LogP contribution in [0.3, 0.4) is 0 Å². The summed E-state index contributed by atoms with van der Waals surface area (Å²) < 4.78 is 13.9. The van der Waals surface area contributed by atoms with E-state index in [-0.39, 0.29) is 30.2 Å². The lowest BCUT2D eigenvalue weighted by Crippen LogP contribution is -2.33. The highest BCUT2D eigenvalue weighted by Gasteiger charge is 2.23. The number of pyridine rings is 1. The maximum atomic E-state index is 13.9. The molecule has 1 aliphatic rings. The molecule has 0 spiro atoms. The van der Waals surface area contributed by atoms with Crippen molar-refractivity contribution in [1.82, 2.24) is 15.3 Å². The fraction of sp³-hybridized carbons (Fsp3) is 0.333. The van der Waals surface area contributed by atoms with Crippen molar-refractivity contribution in [3.63, 3.8) is 0 Å². The van der Waals surface area contributed by atoms with Gasteiger partial charge in [-0.15, -0.1) is 11.3 Å². The van der Waals surface area contributed by atoms with E-state index in [0.717, 1.165) is 19.3 Å². The lowest BCUT2D eigenvalue weighted by atomic mass is 10.2. The summed E-state index contributed by atoms with van der Waals surface area (Å²) in [4.78, 5) is 32.9. The summed E-state index contributed by atoms with van der Waals surface area (Å²) in [6, 6.07) is 3.19. The van der Waals surface area contributed by atoms with Crippen LogP contribution in [0, 0.1) is 5.82 Å². The molecule has 3 N–H and O–H groups in total. The minimum absolute atomic E-state index is 0.170. The highest BCUT2D eigenvalue weighted by molar-refractivity contribution is 7.14. The van der Waals surface area contributed by atoms with Crippen molar-refractivity contribution in [3.8, 4) is 11.4 Å². The van der Waals surface area contributed by atoms with E-state index in [1.54, 1.807) is 29.7 Å². The second kappa shape index (κ2) is 10.1. The Balaban J connectivity index is 1.58. The second-order valence-corrected chi connectivity index (χ2v) is 7.64. The topological polar surface area (TPSA) is 96.0 Å². The van der Waals surface area contributed by atoms with Gasteiger partial charge in [0.25, 0.3) is 5.91 Å². The first kappa shape index (κ1) is 21.6. The van der Waals surface area contributed by atoms with Gasteiger partial charge in [-0.1, -0.05) is 25.2 Å². The number of carbonyl (C=O) groups is 2. The molecule has 3 rings (SSSR count). The molecule has 2 aromatic heterocycles. The molecule has 2 aromatic rings. The van der Waals surface area contributed by atoms with Crippen molar-refractivity contribution in [3.05, 3.63) is 47.1 Å². The van der Waals surface area contributed by atoms with Crippen LogP contribution < -0.4 is 16.0 Å². The third kappa shape index (κ3) is 5.96. The molecule has 1 fully saturated rings. The van der Waals surface area contributed by atoms with Gasteiger partial charge in [0.05, 0.1) is 12.2 Å². The van der Waals surface area contributed by atoms with Gasteiger partial charge in [0.2, 0.25) is 5.91 Å². The van der Waals surface area contributed by atoms with Gasteiger partial charge in [0, 0.05) is 17.0 Å². The molecule has 0 aliphatic heterocycles. The number of amides is 2. The number of nitrogens with zero attached hydrogens (tertiary/aromatic N) is 2. The number of hydrogen-bond donors (Lipinski definition) is 3. The van der Waals surface area contributed by atoms with Crippen LogP contribution in [0.4, 0.5) is 15.3 Å². The second-order valence-electron chi connectivity index (χ2n) is 6.78. The molecule has 0 aromatic carbocycles. The Labute approximate surface area is 178 Å². The predicted molar refractivity (Wildman–Crippen MR) is 117 cm³/mol. The number of allylic oxidation sites excluding steroid dienone is 2. The first-order chi connectivity index (χ1) is 14.5. The summed E-state index contributed by atoms with van der Waals surface area (Å²) in [5, 5.41) is 10.4. The van der Waals surface area contributed by atoms with Gasteiger partial charge >= 0.3 is 0 Å². The van der Waals surface area contributed by atoms with Crippen molar-refractivity contribution in [2.45, 2.75) is 39.2 Å². The van der Waals surface area contributed by atoms with Crippen molar-refractivity contribution < 1.29 is 14.0 Å². The molecule has 1 saturated carbocycles. The third-order valence-electron chi connectivity index (χ3n) is 4.22. The van der Waals surface area contributed by atoms with Crippen LogP contribution in [0.15, 0.2) is 41.3 Å². The van der Waals surface area contributed by atoms with Gasteiger partial charge in [-0.3, -0.25) is 9.59 Å². The number of thiazole rings is 1. The smallest absolute Gasteiger partial charge is 0.251 e. The zero-order valence-corrected chi connectivity index (χ0v) is 17.7. The van der Waals surface area contributed by atoms with Gasteiger partial charge in [-0.05, 0) is 38.3 Å². The minimum Gasteiger partial charge on any atom is -0.365 e. The maximum absolute atomic E-state index is 13.9. The van der Waals surface area contributed by atoms with Crippen LogP contribution in [0.2, 0.25) is 0 Å². The Morgan fingerprint density at radius 3 is 2.77 bits per heavy atom. The zero-order chi connectivity index (χ0) is 21.5. The number of anilines is 2. The average Bonchev–Trinajstić information content (AvgIpc) is 3.43. The molecule has 7 nitrogen and oxygen atoms in total. The van der Waals surface area contributed by atoms with E-state index in [0.29, 0.717) is 22.1 Å². The first-order valence-electron chi connectivity index (χ1n) is 9.80. The molecular formula is C21H24FN5O2S. The largest absolute Gasteiger partial charge is 0.365 e. The molecule has 0 saturated heterocycles. The summed E-state index contributed by atoms with van der Waals surface area (Å²) in [5.41, 5.74) is 1.58. The summed E-state index contributed by atoms with van der Waals surface area (Å²) in [5.74, 6) is -0.882. The number of halogens is 1. The summed E-state index contributed by atoms with van der Waals surface area (Å²) >= 11 is 1.23. The highest BCUT2D eigenvalue weighted by atomic mass is 32.1. The molecule has 0 bridgehead atoms. The van der Waals surface area contributed by atoms with Crippen LogP contribution in [-0.2, 0) is 9.59 Å². The van der Waals surface area contributed by atoms with Crippen molar-refractivity contribution in [2.75, 3.05) is 17.2 Å². The van der Waals surface area contributed by atoms with Crippen LogP contribution >= 0.6 is 11.3 Å². The fourth-order valence-electron chi connectivity index (χ4n) is 2.62. The third-order valence-corrected chi connectivity index (χ3v) is 4.98. The molecule has 0 unspecified atom stereocenters. The number of rotatable bonds is 9. The quantitative estimate of drug-likeness (QED) is 0.415. The van der Waals surface area contributed by atoms with Crippen LogP contribution in [0.25, 0.3) is 11.4 Å². The normalized spacial score (nSPS) is 14.0. The Morgan fingerprint density at radius 1 is 1.27 bits per heavy atom. The summed E-state index contributed by atoms with van der Waals surface area (Å²) in [7, 11) is 0. The molecule has 2 heterocycles. The van der Waals surface area contributed by atoms with E-state index in [1.165, 1.54) is 17.4 Å². The van der Waals surface area contributed by atoms with Crippen LogP contribution in [0.5, 0.6) is 0 Å². The lowest BCUT2D eigenvalue weighted by Gasteiger charge is -2.06.